The van der Waals surface area contributed by atoms with E-state index >= 15 is 0 Å². The highest BCUT2D eigenvalue weighted by atomic mass is 16.5. The van der Waals surface area contributed by atoms with Crippen molar-refractivity contribution in [3.8, 4) is 5.88 Å². The molecule has 3 saturated heterocycles. The Kier molecular flexibility index (Phi) is 6.73. The number of fused-ring (bicyclic) bond motifs is 1. The van der Waals surface area contributed by atoms with Crippen molar-refractivity contribution in [1.29, 1.82) is 5.53 Å². The molecule has 4 fully saturated rings. The fourth-order valence-corrected chi connectivity index (χ4v) is 5.97. The Balaban J connectivity index is 1.08. The number of ether oxygens (including phenoxy) is 2. The van der Waals surface area contributed by atoms with Gasteiger partial charge in [-0.3, -0.25) is 9.59 Å². The summed E-state index contributed by atoms with van der Waals surface area (Å²) < 4.78 is 11.6. The molecule has 3 aliphatic heterocycles. The minimum atomic E-state index is -0.0863. The fourth-order valence-electron chi connectivity index (χ4n) is 5.97. The van der Waals surface area contributed by atoms with Crippen LogP contribution in [0, 0.1) is 23.3 Å². The van der Waals surface area contributed by atoms with Crippen molar-refractivity contribution in [2.45, 2.75) is 31.6 Å². The van der Waals surface area contributed by atoms with Crippen LogP contribution in [0.1, 0.15) is 57.9 Å². The lowest BCUT2D eigenvalue weighted by molar-refractivity contribution is 0.0488. The molecule has 0 radical (unpaired) electrons. The van der Waals surface area contributed by atoms with Gasteiger partial charge in [0.25, 0.3) is 11.8 Å². The number of hydrogen-bond donors (Lipinski definition) is 2. The fraction of sp³-hybridized carbons (Fsp3) is 0.536. The van der Waals surface area contributed by atoms with Gasteiger partial charge in [0, 0.05) is 68.6 Å². The van der Waals surface area contributed by atoms with E-state index in [0.717, 1.165) is 44.5 Å². The molecule has 200 valence electrons. The van der Waals surface area contributed by atoms with Crippen LogP contribution in [-0.2, 0) is 4.74 Å². The summed E-state index contributed by atoms with van der Waals surface area (Å²) in [5.41, 5.74) is 15.9. The van der Waals surface area contributed by atoms with Crippen molar-refractivity contribution >= 4 is 23.2 Å². The standard InChI is InChI=1S/C28H34N6O4/c29-24-4-3-19(10-25(24)32-30)27(35)33-12-21-14-34(15-22(21)13-33)28(36)20-9-23(18-1-2-18)26(31-11-20)38-16-17-5-7-37-8-6-17/h3-4,9-11,17-18,21-22,30H,1-2,5-8,12-16,29H2/t21-,22?/m0/s1. The van der Waals surface area contributed by atoms with Crippen molar-refractivity contribution in [3.63, 3.8) is 0 Å². The minimum Gasteiger partial charge on any atom is -0.477 e. The van der Waals surface area contributed by atoms with Crippen LogP contribution in [0.15, 0.2) is 35.6 Å². The van der Waals surface area contributed by atoms with Crippen LogP contribution >= 0.6 is 0 Å². The van der Waals surface area contributed by atoms with E-state index in [2.05, 4.69) is 10.1 Å². The number of carbonyl (C=O) groups is 2. The van der Waals surface area contributed by atoms with Gasteiger partial charge in [0.15, 0.2) is 0 Å². The van der Waals surface area contributed by atoms with E-state index in [1.165, 1.54) is 0 Å². The predicted octanol–water partition coefficient (Wildman–Crippen LogP) is 3.85. The normalized spacial score (nSPS) is 23.4. The average Bonchev–Trinajstić information content (AvgIpc) is 3.60. The highest BCUT2D eigenvalue weighted by Gasteiger charge is 2.43. The first kappa shape index (κ1) is 24.8. The van der Waals surface area contributed by atoms with Crippen molar-refractivity contribution in [2.75, 3.05) is 51.7 Å². The summed E-state index contributed by atoms with van der Waals surface area (Å²) in [6.07, 6.45) is 5.90. The Labute approximate surface area is 222 Å². The van der Waals surface area contributed by atoms with Crippen LogP contribution in [-0.4, -0.2) is 72.6 Å². The molecule has 0 bridgehead atoms. The number of aromatic nitrogens is 1. The molecule has 2 amide bonds. The van der Waals surface area contributed by atoms with E-state index in [1.54, 1.807) is 24.4 Å². The summed E-state index contributed by atoms with van der Waals surface area (Å²) in [5, 5.41) is 3.41. The summed E-state index contributed by atoms with van der Waals surface area (Å²) in [6.45, 7) is 4.69. The number of rotatable bonds is 7. The number of benzene rings is 1. The van der Waals surface area contributed by atoms with Crippen molar-refractivity contribution in [3.05, 3.63) is 47.2 Å². The molecule has 6 rings (SSSR count). The van der Waals surface area contributed by atoms with E-state index in [1.807, 2.05) is 15.9 Å². The van der Waals surface area contributed by atoms with Gasteiger partial charge < -0.3 is 25.0 Å². The Bertz CT molecular complexity index is 1230. The zero-order chi connectivity index (χ0) is 26.2. The topological polar surface area (TPSA) is 134 Å². The number of carbonyl (C=O) groups excluding carboxylic acids is 2. The Morgan fingerprint density at radius 1 is 1.00 bits per heavy atom. The molecule has 1 unspecified atom stereocenters. The molecule has 2 aromatic rings. The molecule has 4 aliphatic rings. The molecule has 1 aliphatic carbocycles. The molecule has 10 nitrogen and oxygen atoms in total. The molecule has 2 atom stereocenters. The van der Waals surface area contributed by atoms with Crippen LogP contribution in [0.4, 0.5) is 11.4 Å². The van der Waals surface area contributed by atoms with Crippen molar-refractivity contribution in [1.82, 2.24) is 14.8 Å². The monoisotopic (exact) mass is 518 g/mol. The van der Waals surface area contributed by atoms with Crippen LogP contribution in [0.2, 0.25) is 0 Å². The lowest BCUT2D eigenvalue weighted by Crippen LogP contribution is -2.35. The number of nitrogens with one attached hydrogen (secondary N) is 1. The van der Waals surface area contributed by atoms with Gasteiger partial charge in [-0.25, -0.2) is 10.5 Å². The Morgan fingerprint density at radius 2 is 1.66 bits per heavy atom. The maximum atomic E-state index is 13.4. The number of nitrogens with zero attached hydrogens (tertiary/aromatic N) is 4. The lowest BCUT2D eigenvalue weighted by atomic mass is 10.0. The molecule has 4 heterocycles. The van der Waals surface area contributed by atoms with Crippen LogP contribution < -0.4 is 10.5 Å². The quantitative estimate of drug-likeness (QED) is 0.422. The minimum absolute atomic E-state index is 0.00268. The second-order valence-electron chi connectivity index (χ2n) is 11.1. The Hall–Kier alpha value is -3.53. The number of hydrogen-bond acceptors (Lipinski definition) is 8. The molecule has 1 saturated carbocycles. The second kappa shape index (κ2) is 10.3. The lowest BCUT2D eigenvalue weighted by Gasteiger charge is -2.23. The van der Waals surface area contributed by atoms with Gasteiger partial charge >= 0.3 is 0 Å². The van der Waals surface area contributed by atoms with Gasteiger partial charge in [-0.1, -0.05) is 0 Å². The van der Waals surface area contributed by atoms with Gasteiger partial charge in [-0.15, -0.1) is 0 Å². The first-order valence-corrected chi connectivity index (χ1v) is 13.6. The van der Waals surface area contributed by atoms with Crippen LogP contribution in [0.25, 0.3) is 0 Å². The third-order valence-electron chi connectivity index (χ3n) is 8.40. The summed E-state index contributed by atoms with van der Waals surface area (Å²) in [6, 6.07) is 6.85. The second-order valence-corrected chi connectivity index (χ2v) is 11.1. The summed E-state index contributed by atoms with van der Waals surface area (Å²) in [7, 11) is 0. The zero-order valence-electron chi connectivity index (χ0n) is 21.5. The van der Waals surface area contributed by atoms with Gasteiger partial charge in [0.05, 0.1) is 17.9 Å². The molecule has 38 heavy (non-hydrogen) atoms. The predicted molar refractivity (Wildman–Crippen MR) is 140 cm³/mol. The molecular formula is C28H34N6O4. The SMILES string of the molecule is N=Nc1cc(C(=O)N2CC3CN(C(=O)c4cnc(OCC5CCOCC5)c(C5CC5)c4)C[C@@H]3C2)ccc1N. The van der Waals surface area contributed by atoms with Crippen molar-refractivity contribution in [2.24, 2.45) is 22.9 Å². The van der Waals surface area contributed by atoms with Crippen LogP contribution in [0.3, 0.4) is 0 Å². The summed E-state index contributed by atoms with van der Waals surface area (Å²) >= 11 is 0. The van der Waals surface area contributed by atoms with Gasteiger partial charge in [-0.05, 0) is 61.8 Å². The van der Waals surface area contributed by atoms with E-state index in [9.17, 15) is 9.59 Å². The molecule has 10 heteroatoms. The summed E-state index contributed by atoms with van der Waals surface area (Å²) in [4.78, 5) is 34.8. The highest BCUT2D eigenvalue weighted by molar-refractivity contribution is 5.96. The summed E-state index contributed by atoms with van der Waals surface area (Å²) in [5.74, 6) is 2.00. The molecule has 0 spiro atoms. The molecule has 3 N–H and O–H groups in total. The third-order valence-corrected chi connectivity index (χ3v) is 8.40. The molecule has 1 aromatic carbocycles. The number of pyridine rings is 1. The number of nitrogen functional groups attached to an aromatic ring is 1. The van der Waals surface area contributed by atoms with E-state index in [-0.39, 0.29) is 23.7 Å². The van der Waals surface area contributed by atoms with E-state index in [0.29, 0.717) is 73.0 Å². The smallest absolute Gasteiger partial charge is 0.255 e. The van der Waals surface area contributed by atoms with Crippen LogP contribution in [0.5, 0.6) is 5.88 Å². The first-order valence-electron chi connectivity index (χ1n) is 13.6. The Morgan fingerprint density at radius 3 is 2.29 bits per heavy atom. The number of nitrogens with two attached hydrogens (primary N) is 1. The number of likely N-dealkylation sites (tertiary alicyclic amines) is 2. The number of amides is 2. The zero-order valence-corrected chi connectivity index (χ0v) is 21.5. The molecular weight excluding hydrogens is 484 g/mol. The third kappa shape index (κ3) is 4.97. The van der Waals surface area contributed by atoms with E-state index < -0.39 is 0 Å². The molecule has 1 aromatic heterocycles. The highest BCUT2D eigenvalue weighted by Crippen LogP contribution is 2.44. The van der Waals surface area contributed by atoms with Crippen molar-refractivity contribution < 1.29 is 19.1 Å². The maximum Gasteiger partial charge on any atom is 0.255 e. The van der Waals surface area contributed by atoms with Gasteiger partial charge in [0.2, 0.25) is 5.88 Å². The average molecular weight is 519 g/mol. The van der Waals surface area contributed by atoms with E-state index in [4.69, 9.17) is 20.7 Å². The van der Waals surface area contributed by atoms with Gasteiger partial charge in [-0.2, -0.15) is 5.11 Å². The maximum absolute atomic E-state index is 13.4. The first-order chi connectivity index (χ1) is 18.5. The largest absolute Gasteiger partial charge is 0.477 e. The van der Waals surface area contributed by atoms with Gasteiger partial charge in [0.1, 0.15) is 5.69 Å². The number of anilines is 1.